The third-order valence-corrected chi connectivity index (χ3v) is 2.26. The molecule has 0 saturated carbocycles. The van der Waals surface area contributed by atoms with Gasteiger partial charge in [0, 0.05) is 34.3 Å². The second kappa shape index (κ2) is 4.80. The number of hydrogen-bond acceptors (Lipinski definition) is 3. The first-order chi connectivity index (χ1) is 7.24. The third-order valence-electron chi connectivity index (χ3n) is 1.99. The van der Waals surface area contributed by atoms with Crippen LogP contribution < -0.4 is 10.1 Å². The number of carbonyl (C=O) groups is 1. The van der Waals surface area contributed by atoms with E-state index < -0.39 is 0 Å². The lowest BCUT2D eigenvalue weighted by molar-refractivity contribution is -0.0796. The summed E-state index contributed by atoms with van der Waals surface area (Å²) < 4.78 is 10.5. The number of amides is 1. The topological polar surface area (TPSA) is 47.6 Å². The molecule has 15 heavy (non-hydrogen) atoms. The first kappa shape index (κ1) is 10.7. The van der Waals surface area contributed by atoms with Gasteiger partial charge in [0.1, 0.15) is 11.9 Å². The van der Waals surface area contributed by atoms with E-state index in [1.54, 1.807) is 28.7 Å². The van der Waals surface area contributed by atoms with E-state index in [0.717, 1.165) is 11.4 Å². The van der Waals surface area contributed by atoms with Crippen LogP contribution in [0.1, 0.15) is 0 Å². The fourth-order valence-electron chi connectivity index (χ4n) is 1.24. The summed E-state index contributed by atoms with van der Waals surface area (Å²) >= 11 is 1.69. The number of rotatable bonds is 3. The molecular weight excluding hydrogens is 309 g/mol. The summed E-state index contributed by atoms with van der Waals surface area (Å²) in [6.45, 7) is 1.28. The molecule has 1 aromatic carbocycles. The van der Waals surface area contributed by atoms with Crippen LogP contribution in [0.15, 0.2) is 24.3 Å². The number of anilines is 1. The lowest BCUT2D eigenvalue weighted by atomic mass is 10.3. The van der Waals surface area contributed by atoms with Crippen LogP contribution in [0.3, 0.4) is 0 Å². The van der Waals surface area contributed by atoms with Crippen molar-refractivity contribution in [2.45, 2.75) is 6.10 Å². The molecule has 2 rings (SSSR count). The smallest absolute Gasteiger partial charge is 0.284 e. The van der Waals surface area contributed by atoms with Crippen molar-refractivity contribution in [3.05, 3.63) is 24.3 Å². The predicted octanol–water partition coefficient (Wildman–Crippen LogP) is 2.43. The van der Waals surface area contributed by atoms with Crippen molar-refractivity contribution >= 4 is 32.2 Å². The van der Waals surface area contributed by atoms with Crippen LogP contribution in [0.4, 0.5) is 10.5 Å². The Morgan fingerprint density at radius 1 is 1.53 bits per heavy atom. The molecule has 80 valence electrons. The summed E-state index contributed by atoms with van der Waals surface area (Å²) in [5.41, 5.74) is 0.743. The summed E-state index contributed by atoms with van der Waals surface area (Å²) in [7, 11) is 0. The van der Waals surface area contributed by atoms with Crippen molar-refractivity contribution in [1.29, 1.82) is 0 Å². The number of nitrogens with one attached hydrogen (secondary N) is 1. The van der Waals surface area contributed by atoms with E-state index >= 15 is 0 Å². The van der Waals surface area contributed by atoms with Crippen LogP contribution in [-0.2, 0) is 4.74 Å². The molecule has 1 N–H and O–H groups in total. The molecule has 4 nitrogen and oxygen atoms in total. The van der Waals surface area contributed by atoms with Gasteiger partial charge < -0.3 is 14.8 Å². The van der Waals surface area contributed by atoms with E-state index in [1.165, 1.54) is 0 Å². The summed E-state index contributed by atoms with van der Waals surface area (Å²) in [6.07, 6.45) is 0.149. The van der Waals surface area contributed by atoms with Crippen molar-refractivity contribution < 1.29 is 14.3 Å². The third kappa shape index (κ3) is 3.07. The van der Waals surface area contributed by atoms with Gasteiger partial charge in [-0.2, -0.15) is 0 Å². The molecule has 0 bridgehead atoms. The molecule has 0 unspecified atom stereocenters. The zero-order valence-corrected chi connectivity index (χ0v) is 10.1. The van der Waals surface area contributed by atoms with E-state index in [1.807, 2.05) is 18.2 Å². The molecule has 5 heteroatoms. The summed E-state index contributed by atoms with van der Waals surface area (Å²) in [5, 5.41) is 2.69. The lowest BCUT2D eigenvalue weighted by Gasteiger charge is -2.26. The van der Waals surface area contributed by atoms with Crippen molar-refractivity contribution in [3.8, 4) is 5.75 Å². The fraction of sp³-hybridized carbons (Fsp3) is 0.300. The van der Waals surface area contributed by atoms with Crippen LogP contribution in [0, 0.1) is 0 Å². The van der Waals surface area contributed by atoms with E-state index in [-0.39, 0.29) is 10.0 Å². The van der Waals surface area contributed by atoms with Crippen molar-refractivity contribution in [2.75, 3.05) is 18.5 Å². The minimum absolute atomic E-state index is 0.114. The first-order valence-electron chi connectivity index (χ1n) is 4.55. The molecular formula is C10H10INO3. The van der Waals surface area contributed by atoms with Gasteiger partial charge in [0.2, 0.25) is 0 Å². The molecule has 0 radical (unpaired) electrons. The number of benzene rings is 1. The van der Waals surface area contributed by atoms with E-state index in [9.17, 15) is 4.79 Å². The Morgan fingerprint density at radius 3 is 2.93 bits per heavy atom. The summed E-state index contributed by atoms with van der Waals surface area (Å²) in [4.78, 5) is 10.8. The SMILES string of the molecule is O=C(I)Nc1cccc(OC2COC2)c1. The van der Waals surface area contributed by atoms with Gasteiger partial charge in [-0.1, -0.05) is 6.07 Å². The second-order valence-corrected chi connectivity index (χ2v) is 4.18. The van der Waals surface area contributed by atoms with Gasteiger partial charge >= 0.3 is 0 Å². The maximum Gasteiger partial charge on any atom is 0.284 e. The Balaban J connectivity index is 2.00. The van der Waals surface area contributed by atoms with Gasteiger partial charge in [0.05, 0.1) is 13.2 Å². The Hall–Kier alpha value is -0.820. The molecule has 1 heterocycles. The first-order valence-corrected chi connectivity index (χ1v) is 5.63. The average molecular weight is 319 g/mol. The highest BCUT2D eigenvalue weighted by molar-refractivity contribution is 14.1. The molecule has 0 aliphatic carbocycles. The Labute approximate surface area is 101 Å². The summed E-state index contributed by atoms with van der Waals surface area (Å²) in [5.74, 6) is 0.756. The molecule has 1 aromatic rings. The Kier molecular flexibility index (Phi) is 3.42. The molecule has 0 spiro atoms. The van der Waals surface area contributed by atoms with E-state index in [4.69, 9.17) is 9.47 Å². The van der Waals surface area contributed by atoms with Gasteiger partial charge in [0.25, 0.3) is 3.91 Å². The van der Waals surface area contributed by atoms with Gasteiger partial charge in [-0.05, 0) is 12.1 Å². The predicted molar refractivity (Wildman–Crippen MR) is 64.7 cm³/mol. The van der Waals surface area contributed by atoms with Crippen LogP contribution in [-0.4, -0.2) is 23.2 Å². The number of carbonyl (C=O) groups excluding carboxylic acids is 1. The quantitative estimate of drug-likeness (QED) is 0.529. The molecule has 1 aliphatic rings. The number of halogens is 1. The summed E-state index contributed by atoms with van der Waals surface area (Å²) in [6, 6.07) is 7.33. The standard InChI is InChI=1S/C10H10INO3/c11-10(13)12-7-2-1-3-8(4-7)15-9-5-14-6-9/h1-4,9H,5-6H2,(H,12,13). The Morgan fingerprint density at radius 2 is 2.33 bits per heavy atom. The molecule has 0 atom stereocenters. The molecule has 1 fully saturated rings. The Bertz CT molecular complexity index is 365. The van der Waals surface area contributed by atoms with Crippen molar-refractivity contribution in [1.82, 2.24) is 0 Å². The van der Waals surface area contributed by atoms with Gasteiger partial charge in [-0.3, -0.25) is 4.79 Å². The molecule has 1 aliphatic heterocycles. The molecule has 1 saturated heterocycles. The normalized spacial score (nSPS) is 15.5. The second-order valence-electron chi connectivity index (χ2n) is 3.20. The van der Waals surface area contributed by atoms with Gasteiger partial charge in [-0.25, -0.2) is 0 Å². The van der Waals surface area contributed by atoms with E-state index in [0.29, 0.717) is 13.2 Å². The highest BCUT2D eigenvalue weighted by atomic mass is 127. The van der Waals surface area contributed by atoms with Crippen LogP contribution in [0.25, 0.3) is 0 Å². The largest absolute Gasteiger partial charge is 0.486 e. The average Bonchev–Trinajstić information content (AvgIpc) is 2.11. The molecule has 1 amide bonds. The number of ether oxygens (including phenoxy) is 2. The maximum atomic E-state index is 10.8. The van der Waals surface area contributed by atoms with Crippen LogP contribution in [0.5, 0.6) is 5.75 Å². The maximum absolute atomic E-state index is 10.8. The minimum atomic E-state index is -0.114. The lowest BCUT2D eigenvalue weighted by Crippen LogP contribution is -2.38. The fourth-order valence-corrected chi connectivity index (χ4v) is 1.55. The number of hydrogen-bond donors (Lipinski definition) is 1. The van der Waals surface area contributed by atoms with Gasteiger partial charge in [0.15, 0.2) is 0 Å². The molecule has 0 aromatic heterocycles. The van der Waals surface area contributed by atoms with E-state index in [2.05, 4.69) is 5.32 Å². The van der Waals surface area contributed by atoms with Crippen LogP contribution >= 0.6 is 22.6 Å². The zero-order valence-electron chi connectivity index (χ0n) is 7.90. The highest BCUT2D eigenvalue weighted by Crippen LogP contribution is 2.20. The zero-order chi connectivity index (χ0) is 10.7. The van der Waals surface area contributed by atoms with Gasteiger partial charge in [-0.15, -0.1) is 0 Å². The highest BCUT2D eigenvalue weighted by Gasteiger charge is 2.19. The monoisotopic (exact) mass is 319 g/mol. The van der Waals surface area contributed by atoms with Crippen molar-refractivity contribution in [3.63, 3.8) is 0 Å². The van der Waals surface area contributed by atoms with Crippen molar-refractivity contribution in [2.24, 2.45) is 0 Å². The van der Waals surface area contributed by atoms with Crippen LogP contribution in [0.2, 0.25) is 0 Å². The minimum Gasteiger partial charge on any atom is -0.486 e.